The van der Waals surface area contributed by atoms with Crippen molar-refractivity contribution in [2.45, 2.75) is 13.3 Å². The first kappa shape index (κ1) is 14.7. The van der Waals surface area contributed by atoms with Crippen LogP contribution >= 0.6 is 0 Å². The summed E-state index contributed by atoms with van der Waals surface area (Å²) in [5.74, 6) is 1.17. The average Bonchev–Trinajstić information content (AvgIpc) is 2.37. The number of hydrogen-bond acceptors (Lipinski definition) is 6. The molecule has 6 heteroatoms. The second-order valence-electron chi connectivity index (χ2n) is 4.06. The molecule has 1 aromatic rings. The van der Waals surface area contributed by atoms with E-state index >= 15 is 0 Å². The maximum Gasteiger partial charge on any atom is 0.221 e. The third kappa shape index (κ3) is 4.46. The predicted molar refractivity (Wildman–Crippen MR) is 71.8 cm³/mol. The summed E-state index contributed by atoms with van der Waals surface area (Å²) in [6.45, 7) is 4.98. The molecule has 0 unspecified atom stereocenters. The van der Waals surface area contributed by atoms with Crippen molar-refractivity contribution in [1.82, 2.24) is 9.97 Å². The molecule has 6 nitrogen and oxygen atoms in total. The summed E-state index contributed by atoms with van der Waals surface area (Å²) >= 11 is 0. The number of aryl methyl sites for hydroxylation is 1. The van der Waals surface area contributed by atoms with E-state index in [4.69, 9.17) is 15.2 Å². The van der Waals surface area contributed by atoms with Crippen LogP contribution in [0, 0.1) is 6.92 Å². The summed E-state index contributed by atoms with van der Waals surface area (Å²) in [5.41, 5.74) is 6.66. The molecule has 0 atom stereocenters. The number of aromatic nitrogens is 2. The van der Waals surface area contributed by atoms with Gasteiger partial charge in [-0.2, -0.15) is 4.98 Å². The summed E-state index contributed by atoms with van der Waals surface area (Å²) in [6.07, 6.45) is 2.68. The molecule has 0 saturated heterocycles. The third-order valence-corrected chi connectivity index (χ3v) is 2.60. The van der Waals surface area contributed by atoms with E-state index in [-0.39, 0.29) is 0 Å². The Labute approximate surface area is 108 Å². The first-order valence-corrected chi connectivity index (χ1v) is 6.01. The Kier molecular flexibility index (Phi) is 6.38. The van der Waals surface area contributed by atoms with Crippen LogP contribution in [0.3, 0.4) is 0 Å². The topological polar surface area (TPSA) is 73.5 Å². The van der Waals surface area contributed by atoms with Crippen LogP contribution in [0.2, 0.25) is 0 Å². The van der Waals surface area contributed by atoms with Crippen LogP contribution in [-0.4, -0.2) is 50.5 Å². The van der Waals surface area contributed by atoms with Crippen molar-refractivity contribution in [3.8, 4) is 0 Å². The molecule has 0 fully saturated rings. The van der Waals surface area contributed by atoms with Gasteiger partial charge in [-0.25, -0.2) is 4.98 Å². The maximum absolute atomic E-state index is 5.64. The van der Waals surface area contributed by atoms with Crippen molar-refractivity contribution in [1.29, 1.82) is 0 Å². The van der Waals surface area contributed by atoms with Crippen LogP contribution in [0.4, 0.5) is 11.8 Å². The number of nitrogens with zero attached hydrogens (tertiary/aromatic N) is 3. The van der Waals surface area contributed by atoms with Gasteiger partial charge in [0.05, 0.1) is 6.61 Å². The number of nitrogen functional groups attached to an aromatic ring is 1. The van der Waals surface area contributed by atoms with E-state index in [0.29, 0.717) is 12.6 Å². The van der Waals surface area contributed by atoms with Gasteiger partial charge in [-0.3, -0.25) is 0 Å². The zero-order valence-corrected chi connectivity index (χ0v) is 11.3. The minimum absolute atomic E-state index is 0.296. The highest BCUT2D eigenvalue weighted by Crippen LogP contribution is 2.17. The number of rotatable bonds is 8. The molecular weight excluding hydrogens is 232 g/mol. The second-order valence-corrected chi connectivity index (χ2v) is 4.06. The average molecular weight is 254 g/mol. The van der Waals surface area contributed by atoms with Gasteiger partial charge >= 0.3 is 0 Å². The summed E-state index contributed by atoms with van der Waals surface area (Å²) in [6, 6.07) is 0. The lowest BCUT2D eigenvalue weighted by Gasteiger charge is -2.24. The van der Waals surface area contributed by atoms with Gasteiger partial charge in [-0.05, 0) is 13.3 Å². The van der Waals surface area contributed by atoms with Gasteiger partial charge in [0.15, 0.2) is 0 Å². The van der Waals surface area contributed by atoms with Gasteiger partial charge < -0.3 is 20.1 Å². The Hall–Kier alpha value is -1.40. The van der Waals surface area contributed by atoms with Crippen molar-refractivity contribution in [2.24, 2.45) is 0 Å². The van der Waals surface area contributed by atoms with Crippen LogP contribution in [0.25, 0.3) is 0 Å². The third-order valence-electron chi connectivity index (χ3n) is 2.60. The number of anilines is 2. The monoisotopic (exact) mass is 254 g/mol. The van der Waals surface area contributed by atoms with E-state index in [0.717, 1.165) is 37.5 Å². The minimum Gasteiger partial charge on any atom is -0.385 e. The molecule has 18 heavy (non-hydrogen) atoms. The van der Waals surface area contributed by atoms with Crippen molar-refractivity contribution in [3.63, 3.8) is 0 Å². The Morgan fingerprint density at radius 1 is 1.22 bits per heavy atom. The molecule has 0 aliphatic carbocycles. The van der Waals surface area contributed by atoms with Gasteiger partial charge in [0.25, 0.3) is 0 Å². The lowest BCUT2D eigenvalue weighted by molar-refractivity contribution is 0.191. The number of ether oxygens (including phenoxy) is 2. The molecule has 0 aliphatic rings. The quantitative estimate of drug-likeness (QED) is 0.693. The van der Waals surface area contributed by atoms with Crippen molar-refractivity contribution >= 4 is 11.8 Å². The number of methoxy groups -OCH3 is 2. The standard InChI is InChI=1S/C12H22N4O2/c1-10-9-14-12(13)15-11(10)16(6-8-18-3)5-4-7-17-2/h9H,4-8H2,1-3H3,(H2,13,14,15). The summed E-state index contributed by atoms with van der Waals surface area (Å²) in [7, 11) is 3.39. The van der Waals surface area contributed by atoms with Gasteiger partial charge in [0.1, 0.15) is 5.82 Å². The zero-order valence-electron chi connectivity index (χ0n) is 11.3. The Morgan fingerprint density at radius 3 is 2.61 bits per heavy atom. The van der Waals surface area contributed by atoms with Gasteiger partial charge in [0.2, 0.25) is 5.95 Å². The van der Waals surface area contributed by atoms with Gasteiger partial charge in [0, 0.05) is 45.7 Å². The highest BCUT2D eigenvalue weighted by Gasteiger charge is 2.11. The molecule has 1 aromatic heterocycles. The summed E-state index contributed by atoms with van der Waals surface area (Å²) in [5, 5.41) is 0. The fourth-order valence-electron chi connectivity index (χ4n) is 1.69. The Bertz CT molecular complexity index is 360. The molecular formula is C12H22N4O2. The highest BCUT2D eigenvalue weighted by atomic mass is 16.5. The van der Waals surface area contributed by atoms with E-state index in [1.165, 1.54) is 0 Å². The van der Waals surface area contributed by atoms with Crippen LogP contribution in [0.15, 0.2) is 6.20 Å². The van der Waals surface area contributed by atoms with Crippen LogP contribution in [0.5, 0.6) is 0 Å². The summed E-state index contributed by atoms with van der Waals surface area (Å²) in [4.78, 5) is 10.4. The molecule has 1 heterocycles. The molecule has 2 N–H and O–H groups in total. The molecule has 0 spiro atoms. The van der Waals surface area contributed by atoms with Crippen LogP contribution < -0.4 is 10.6 Å². The first-order chi connectivity index (χ1) is 8.69. The van der Waals surface area contributed by atoms with Crippen molar-refractivity contribution < 1.29 is 9.47 Å². The molecule has 0 aromatic carbocycles. The number of hydrogen-bond donors (Lipinski definition) is 1. The van der Waals surface area contributed by atoms with E-state index in [9.17, 15) is 0 Å². The largest absolute Gasteiger partial charge is 0.385 e. The number of nitrogens with two attached hydrogens (primary N) is 1. The lowest BCUT2D eigenvalue weighted by atomic mass is 10.3. The SMILES string of the molecule is COCCCN(CCOC)c1nc(N)ncc1C. The molecule has 0 aliphatic heterocycles. The van der Waals surface area contributed by atoms with E-state index in [2.05, 4.69) is 14.9 Å². The molecule has 102 valence electrons. The van der Waals surface area contributed by atoms with E-state index in [1.54, 1.807) is 20.4 Å². The van der Waals surface area contributed by atoms with Gasteiger partial charge in [-0.1, -0.05) is 0 Å². The molecule has 0 bridgehead atoms. The fourth-order valence-corrected chi connectivity index (χ4v) is 1.69. The van der Waals surface area contributed by atoms with Crippen LogP contribution in [0.1, 0.15) is 12.0 Å². The highest BCUT2D eigenvalue weighted by molar-refractivity contribution is 5.47. The molecule has 1 rings (SSSR count). The Morgan fingerprint density at radius 2 is 1.94 bits per heavy atom. The zero-order chi connectivity index (χ0) is 13.4. The van der Waals surface area contributed by atoms with Crippen molar-refractivity contribution in [3.05, 3.63) is 11.8 Å². The second kappa shape index (κ2) is 7.84. The maximum atomic E-state index is 5.64. The predicted octanol–water partition coefficient (Wildman–Crippen LogP) is 0.857. The van der Waals surface area contributed by atoms with Crippen LogP contribution in [-0.2, 0) is 9.47 Å². The molecule has 0 radical (unpaired) electrons. The van der Waals surface area contributed by atoms with E-state index < -0.39 is 0 Å². The lowest BCUT2D eigenvalue weighted by Crippen LogP contribution is -2.30. The fraction of sp³-hybridized carbons (Fsp3) is 0.667. The molecule has 0 saturated carbocycles. The smallest absolute Gasteiger partial charge is 0.221 e. The molecule has 0 amide bonds. The van der Waals surface area contributed by atoms with Gasteiger partial charge in [-0.15, -0.1) is 0 Å². The van der Waals surface area contributed by atoms with Crippen molar-refractivity contribution in [2.75, 3.05) is 51.2 Å². The normalized spacial score (nSPS) is 10.6. The minimum atomic E-state index is 0.296. The van der Waals surface area contributed by atoms with E-state index in [1.807, 2.05) is 6.92 Å². The Balaban J connectivity index is 2.75. The first-order valence-electron chi connectivity index (χ1n) is 6.01. The summed E-state index contributed by atoms with van der Waals surface area (Å²) < 4.78 is 10.2.